The van der Waals surface area contributed by atoms with Gasteiger partial charge in [0.15, 0.2) is 0 Å². The summed E-state index contributed by atoms with van der Waals surface area (Å²) in [4.78, 5) is 8.57. The van der Waals surface area contributed by atoms with E-state index in [0.717, 1.165) is 31.3 Å². The number of nitrogens with one attached hydrogen (secondary N) is 1. The van der Waals surface area contributed by atoms with Crippen LogP contribution in [-0.4, -0.2) is 23.0 Å². The quantitative estimate of drug-likeness (QED) is 0.367. The van der Waals surface area contributed by atoms with Crippen molar-refractivity contribution in [1.82, 2.24) is 14.5 Å². The molecule has 1 aliphatic rings. The van der Waals surface area contributed by atoms with E-state index in [-0.39, 0.29) is 10.6 Å². The number of nitrogen functional groups attached to an aromatic ring is 1. The molecule has 34 heavy (non-hydrogen) atoms. The number of nitrogens with two attached hydrogens (primary N) is 1. The standard InChI is InChI=1S/C24H23ClFN5O2S/c1-14-18(25)7-4-8-21(14)34(32,33)30-20-10-9-15(11-19(20)26)17-12-31(16-5-2-3-6-16)24-22(17)23(27)28-13-29-24/h4,7-13,16,30H,2-3,5-6H2,1H3,(H2,27,28,29). The highest BCUT2D eigenvalue weighted by atomic mass is 35.5. The van der Waals surface area contributed by atoms with Crippen LogP contribution in [-0.2, 0) is 10.0 Å². The first-order chi connectivity index (χ1) is 16.3. The van der Waals surface area contributed by atoms with Crippen LogP contribution in [0.2, 0.25) is 5.02 Å². The molecule has 1 fully saturated rings. The number of fused-ring (bicyclic) bond motifs is 1. The van der Waals surface area contributed by atoms with E-state index in [9.17, 15) is 8.42 Å². The minimum atomic E-state index is -4.03. The van der Waals surface area contributed by atoms with E-state index in [4.69, 9.17) is 17.3 Å². The van der Waals surface area contributed by atoms with Crippen molar-refractivity contribution >= 4 is 44.2 Å². The van der Waals surface area contributed by atoms with Gasteiger partial charge < -0.3 is 10.3 Å². The normalized spacial score (nSPS) is 14.7. The van der Waals surface area contributed by atoms with Crippen molar-refractivity contribution in [2.24, 2.45) is 0 Å². The Morgan fingerprint density at radius 1 is 1.18 bits per heavy atom. The van der Waals surface area contributed by atoms with Gasteiger partial charge in [0.25, 0.3) is 10.0 Å². The largest absolute Gasteiger partial charge is 0.383 e. The van der Waals surface area contributed by atoms with Gasteiger partial charge in [-0.2, -0.15) is 0 Å². The van der Waals surface area contributed by atoms with Crippen molar-refractivity contribution in [3.8, 4) is 11.1 Å². The molecule has 2 aromatic carbocycles. The lowest BCUT2D eigenvalue weighted by atomic mass is 10.1. The van der Waals surface area contributed by atoms with Gasteiger partial charge in [-0.05, 0) is 55.2 Å². The SMILES string of the molecule is Cc1c(Cl)cccc1S(=O)(=O)Nc1ccc(-c2cn(C3CCCC3)c3ncnc(N)c23)cc1F. The van der Waals surface area contributed by atoms with E-state index in [0.29, 0.717) is 39.0 Å². The van der Waals surface area contributed by atoms with Crippen LogP contribution in [0.25, 0.3) is 22.2 Å². The van der Waals surface area contributed by atoms with Crippen molar-refractivity contribution in [1.29, 1.82) is 0 Å². The average Bonchev–Trinajstić information content (AvgIpc) is 3.45. The van der Waals surface area contributed by atoms with Crippen molar-refractivity contribution in [3.05, 3.63) is 65.3 Å². The van der Waals surface area contributed by atoms with Gasteiger partial charge in [0.05, 0.1) is 16.0 Å². The molecule has 2 aromatic heterocycles. The number of benzene rings is 2. The topological polar surface area (TPSA) is 103 Å². The molecule has 176 valence electrons. The Morgan fingerprint density at radius 2 is 1.94 bits per heavy atom. The van der Waals surface area contributed by atoms with E-state index < -0.39 is 15.8 Å². The van der Waals surface area contributed by atoms with Gasteiger partial charge in [-0.1, -0.05) is 36.6 Å². The molecule has 0 radical (unpaired) electrons. The van der Waals surface area contributed by atoms with Gasteiger partial charge in [0.1, 0.15) is 23.6 Å². The zero-order valence-electron chi connectivity index (χ0n) is 18.4. The van der Waals surface area contributed by atoms with Crippen molar-refractivity contribution in [3.63, 3.8) is 0 Å². The minimum absolute atomic E-state index is 0.00645. The fourth-order valence-corrected chi connectivity index (χ4v) is 6.20. The average molecular weight is 500 g/mol. The maximum atomic E-state index is 15.1. The summed E-state index contributed by atoms with van der Waals surface area (Å²) in [7, 11) is -4.03. The third-order valence-corrected chi connectivity index (χ3v) is 8.31. The van der Waals surface area contributed by atoms with Gasteiger partial charge in [-0.25, -0.2) is 22.8 Å². The van der Waals surface area contributed by atoms with Crippen LogP contribution in [0, 0.1) is 12.7 Å². The van der Waals surface area contributed by atoms with Crippen LogP contribution < -0.4 is 10.5 Å². The molecule has 0 bridgehead atoms. The molecule has 0 unspecified atom stereocenters. The van der Waals surface area contributed by atoms with Crippen molar-refractivity contribution in [2.45, 2.75) is 43.5 Å². The lowest BCUT2D eigenvalue weighted by molar-refractivity contribution is 0.532. The van der Waals surface area contributed by atoms with Gasteiger partial charge in [-0.15, -0.1) is 0 Å². The smallest absolute Gasteiger partial charge is 0.262 e. The Labute approximate surface area is 201 Å². The molecule has 0 spiro atoms. The summed E-state index contributed by atoms with van der Waals surface area (Å²) in [6.45, 7) is 1.60. The fraction of sp³-hybridized carbons (Fsp3) is 0.250. The predicted molar refractivity (Wildman–Crippen MR) is 132 cm³/mol. The summed E-state index contributed by atoms with van der Waals surface area (Å²) in [5.74, 6) is -0.392. The molecule has 5 rings (SSSR count). The summed E-state index contributed by atoms with van der Waals surface area (Å²) in [6, 6.07) is 9.23. The first-order valence-corrected chi connectivity index (χ1v) is 12.8. The number of aromatic nitrogens is 3. The van der Waals surface area contributed by atoms with E-state index in [1.54, 1.807) is 19.1 Å². The lowest BCUT2D eigenvalue weighted by Crippen LogP contribution is -2.15. The summed E-state index contributed by atoms with van der Waals surface area (Å²) >= 11 is 6.06. The van der Waals surface area contributed by atoms with Crippen LogP contribution in [0.15, 0.2) is 53.8 Å². The number of hydrogen-bond donors (Lipinski definition) is 2. The Morgan fingerprint density at radius 3 is 2.68 bits per heavy atom. The second-order valence-corrected chi connectivity index (χ2v) is 10.6. The van der Waals surface area contributed by atoms with Crippen LogP contribution in [0.3, 0.4) is 0 Å². The highest BCUT2D eigenvalue weighted by molar-refractivity contribution is 7.92. The molecule has 3 N–H and O–H groups in total. The van der Waals surface area contributed by atoms with E-state index >= 15 is 4.39 Å². The van der Waals surface area contributed by atoms with Crippen LogP contribution >= 0.6 is 11.6 Å². The van der Waals surface area contributed by atoms with Crippen molar-refractivity contribution in [2.75, 3.05) is 10.5 Å². The number of hydrogen-bond acceptors (Lipinski definition) is 5. The van der Waals surface area contributed by atoms with Crippen LogP contribution in [0.5, 0.6) is 0 Å². The molecule has 1 saturated carbocycles. The maximum Gasteiger partial charge on any atom is 0.262 e. The monoisotopic (exact) mass is 499 g/mol. The number of sulfonamides is 1. The first-order valence-electron chi connectivity index (χ1n) is 10.9. The second kappa shape index (κ2) is 8.56. The molecule has 0 aliphatic heterocycles. The number of nitrogens with zero attached hydrogens (tertiary/aromatic N) is 3. The molecule has 0 atom stereocenters. The fourth-order valence-electron chi connectivity index (χ4n) is 4.63. The Bertz CT molecular complexity index is 1510. The Balaban J connectivity index is 1.54. The van der Waals surface area contributed by atoms with Gasteiger partial charge >= 0.3 is 0 Å². The number of rotatable bonds is 5. The van der Waals surface area contributed by atoms with Gasteiger partial charge in [0, 0.05) is 22.8 Å². The molecule has 0 saturated heterocycles. The maximum absolute atomic E-state index is 15.1. The predicted octanol–water partition coefficient (Wildman–Crippen LogP) is 5.70. The zero-order valence-corrected chi connectivity index (χ0v) is 20.0. The van der Waals surface area contributed by atoms with Crippen molar-refractivity contribution < 1.29 is 12.8 Å². The molecule has 10 heteroatoms. The molecular formula is C24H23ClFN5O2S. The lowest BCUT2D eigenvalue weighted by Gasteiger charge is -2.13. The molecule has 1 aliphatic carbocycles. The number of halogens is 2. The van der Waals surface area contributed by atoms with E-state index in [1.165, 1.54) is 30.6 Å². The number of anilines is 2. The molecule has 0 amide bonds. The third kappa shape index (κ3) is 3.88. The summed E-state index contributed by atoms with van der Waals surface area (Å²) in [5.41, 5.74) is 8.40. The highest BCUT2D eigenvalue weighted by Crippen LogP contribution is 2.39. The van der Waals surface area contributed by atoms with Gasteiger partial charge in [-0.3, -0.25) is 4.72 Å². The second-order valence-electron chi connectivity index (χ2n) is 8.51. The summed E-state index contributed by atoms with van der Waals surface area (Å²) in [5, 5.41) is 0.980. The first kappa shape index (κ1) is 22.6. The van der Waals surface area contributed by atoms with E-state index in [2.05, 4.69) is 19.3 Å². The molecular weight excluding hydrogens is 477 g/mol. The van der Waals surface area contributed by atoms with Gasteiger partial charge in [0.2, 0.25) is 0 Å². The Kier molecular flexibility index (Phi) is 5.69. The summed E-state index contributed by atoms with van der Waals surface area (Å²) in [6.07, 6.45) is 7.77. The minimum Gasteiger partial charge on any atom is -0.383 e. The Hall–Kier alpha value is -3.17. The molecule has 2 heterocycles. The zero-order chi connectivity index (χ0) is 24.0. The molecule has 4 aromatic rings. The summed E-state index contributed by atoms with van der Waals surface area (Å²) < 4.78 is 45.3. The highest BCUT2D eigenvalue weighted by Gasteiger charge is 2.24. The third-order valence-electron chi connectivity index (χ3n) is 6.39. The van der Waals surface area contributed by atoms with E-state index in [1.807, 2.05) is 6.20 Å². The van der Waals surface area contributed by atoms with Crippen LogP contribution in [0.1, 0.15) is 37.3 Å². The van der Waals surface area contributed by atoms with Crippen LogP contribution in [0.4, 0.5) is 15.9 Å². The molecule has 7 nitrogen and oxygen atoms in total.